The van der Waals surface area contributed by atoms with Gasteiger partial charge < -0.3 is 20.2 Å². The molecule has 0 aromatic carbocycles. The number of methoxy groups -OCH3 is 1. The van der Waals surface area contributed by atoms with Crippen molar-refractivity contribution in [2.24, 2.45) is 17.3 Å². The van der Waals surface area contributed by atoms with E-state index in [0.717, 1.165) is 25.3 Å². The summed E-state index contributed by atoms with van der Waals surface area (Å²) in [7, 11) is 1.71. The minimum absolute atomic E-state index is 0.0456. The Morgan fingerprint density at radius 1 is 1.15 bits per heavy atom. The fraction of sp³-hybridized carbons (Fsp3) is 1.00. The highest BCUT2D eigenvalue weighted by Gasteiger charge is 2.63. The summed E-state index contributed by atoms with van der Waals surface area (Å²) < 4.78 is 5.35. The van der Waals surface area contributed by atoms with Crippen molar-refractivity contribution in [3.8, 4) is 0 Å². The van der Waals surface area contributed by atoms with E-state index in [2.05, 4.69) is 20.8 Å². The first kappa shape index (κ1) is 24.8. The molecule has 4 rings (SSSR count). The molecule has 5 nitrogen and oxygen atoms in total. The van der Waals surface area contributed by atoms with Gasteiger partial charge in [-0.2, -0.15) is 5.06 Å². The van der Waals surface area contributed by atoms with Crippen molar-refractivity contribution in [3.05, 3.63) is 0 Å². The van der Waals surface area contributed by atoms with Gasteiger partial charge in [0.2, 0.25) is 0 Å². The normalized spacial score (nSPS) is 37.4. The number of hydrogen-bond donors (Lipinski definition) is 3. The lowest BCUT2D eigenvalue weighted by molar-refractivity contribution is -0.251. The SMILES string of the molecule is CC(C)(C)O.CCC[C@@H]1CCCN1O.COC1CC2CC(C2(C)C)[C@]1(C)O. The first-order valence-electron chi connectivity index (χ1n) is 10.7. The minimum Gasteiger partial charge on any atom is -0.391 e. The topological polar surface area (TPSA) is 73.2 Å². The van der Waals surface area contributed by atoms with Crippen LogP contribution in [0.1, 0.15) is 87.0 Å². The van der Waals surface area contributed by atoms with Crippen LogP contribution in [0.5, 0.6) is 0 Å². The lowest BCUT2D eigenvalue weighted by atomic mass is 9.43. The Morgan fingerprint density at radius 2 is 1.70 bits per heavy atom. The molecule has 1 heterocycles. The van der Waals surface area contributed by atoms with Crippen molar-refractivity contribution in [2.75, 3.05) is 13.7 Å². The van der Waals surface area contributed by atoms with E-state index in [9.17, 15) is 5.11 Å². The van der Waals surface area contributed by atoms with Gasteiger partial charge in [-0.05, 0) is 77.0 Å². The molecule has 0 spiro atoms. The van der Waals surface area contributed by atoms with Crippen molar-refractivity contribution in [1.82, 2.24) is 5.06 Å². The van der Waals surface area contributed by atoms with E-state index in [1.807, 2.05) is 6.92 Å². The van der Waals surface area contributed by atoms with Crippen LogP contribution in [0.25, 0.3) is 0 Å². The van der Waals surface area contributed by atoms with Gasteiger partial charge in [0.1, 0.15) is 0 Å². The zero-order valence-electron chi connectivity index (χ0n) is 19.0. The zero-order chi connectivity index (χ0) is 21.0. The number of ether oxygens (including phenoxy) is 1. The van der Waals surface area contributed by atoms with Crippen LogP contribution >= 0.6 is 0 Å². The van der Waals surface area contributed by atoms with Crippen molar-refractivity contribution < 1.29 is 20.2 Å². The maximum absolute atomic E-state index is 10.4. The van der Waals surface area contributed by atoms with E-state index in [1.165, 1.54) is 30.7 Å². The molecule has 3 aliphatic carbocycles. The van der Waals surface area contributed by atoms with Gasteiger partial charge in [0.15, 0.2) is 0 Å². The van der Waals surface area contributed by atoms with Gasteiger partial charge in [-0.3, -0.25) is 0 Å². The second-order valence-electron chi connectivity index (χ2n) is 10.4. The quantitative estimate of drug-likeness (QED) is 0.676. The summed E-state index contributed by atoms with van der Waals surface area (Å²) in [6, 6.07) is 0.468. The van der Waals surface area contributed by atoms with Gasteiger partial charge in [0.25, 0.3) is 0 Å². The van der Waals surface area contributed by atoms with Gasteiger partial charge in [-0.1, -0.05) is 27.2 Å². The van der Waals surface area contributed by atoms with Crippen LogP contribution in [0.4, 0.5) is 0 Å². The van der Waals surface area contributed by atoms with Crippen molar-refractivity contribution in [3.63, 3.8) is 0 Å². The molecular weight excluding hydrogens is 342 g/mol. The molecule has 0 radical (unpaired) electrons. The summed E-state index contributed by atoms with van der Waals surface area (Å²) in [6.07, 6.45) is 6.93. The Balaban J connectivity index is 0.000000227. The Kier molecular flexibility index (Phi) is 8.77. The number of hydroxylamine groups is 2. The van der Waals surface area contributed by atoms with Gasteiger partial charge in [0.05, 0.1) is 17.3 Å². The number of rotatable bonds is 3. The molecule has 0 aromatic rings. The summed E-state index contributed by atoms with van der Waals surface area (Å²) in [6.45, 7) is 14.7. The second-order valence-corrected chi connectivity index (χ2v) is 10.4. The van der Waals surface area contributed by atoms with Crippen molar-refractivity contribution >= 4 is 0 Å². The highest BCUT2D eigenvalue weighted by Crippen LogP contribution is 2.63. The van der Waals surface area contributed by atoms with Gasteiger partial charge in [-0.15, -0.1) is 0 Å². The maximum Gasteiger partial charge on any atom is 0.0913 e. The Morgan fingerprint density at radius 3 is 2.04 bits per heavy atom. The van der Waals surface area contributed by atoms with E-state index >= 15 is 0 Å². The van der Waals surface area contributed by atoms with E-state index in [0.29, 0.717) is 17.4 Å². The largest absolute Gasteiger partial charge is 0.391 e. The molecule has 1 saturated heterocycles. The highest BCUT2D eigenvalue weighted by atomic mass is 16.5. The summed E-state index contributed by atoms with van der Waals surface area (Å²) in [5, 5.41) is 29.5. The van der Waals surface area contributed by atoms with Crippen LogP contribution in [0.2, 0.25) is 0 Å². The van der Waals surface area contributed by atoms with E-state index < -0.39 is 11.2 Å². The number of nitrogens with zero attached hydrogens (tertiary/aromatic N) is 1. The highest BCUT2D eigenvalue weighted by molar-refractivity contribution is 5.12. The third-order valence-electron chi connectivity index (χ3n) is 6.58. The Hall–Kier alpha value is -0.200. The van der Waals surface area contributed by atoms with E-state index in [1.54, 1.807) is 27.9 Å². The Bertz CT molecular complexity index is 438. The second kappa shape index (κ2) is 9.53. The number of hydrogen-bond acceptors (Lipinski definition) is 5. The third-order valence-corrected chi connectivity index (χ3v) is 6.58. The molecule has 3 N–H and O–H groups in total. The average molecular weight is 388 g/mol. The first-order chi connectivity index (χ1) is 12.2. The van der Waals surface area contributed by atoms with Gasteiger partial charge in [0, 0.05) is 19.7 Å². The first-order valence-corrected chi connectivity index (χ1v) is 10.7. The summed E-state index contributed by atoms with van der Waals surface area (Å²) >= 11 is 0. The lowest BCUT2D eigenvalue weighted by Crippen LogP contribution is -2.66. The minimum atomic E-state index is -0.618. The summed E-state index contributed by atoms with van der Waals surface area (Å²) in [5.74, 6) is 1.17. The molecule has 162 valence electrons. The molecule has 27 heavy (non-hydrogen) atoms. The van der Waals surface area contributed by atoms with Crippen LogP contribution in [-0.2, 0) is 4.74 Å². The standard InChI is InChI=1S/C11H20O2.C7H15NO.C4H10O/c1-10(2)7-5-8(10)11(3,12)9(6-7)13-4;1-2-4-7-5-3-6-8(7)9;1-4(2,3)5/h7-9,12H,5-6H2,1-4H3;7,9H,2-6H2,1H3;5H,1-3H3/t7?,8?,9?,11-;7-;/m01./s1. The monoisotopic (exact) mass is 387 g/mol. The molecule has 0 amide bonds. The van der Waals surface area contributed by atoms with Gasteiger partial charge >= 0.3 is 0 Å². The number of aliphatic hydroxyl groups is 2. The Labute approximate surface area is 167 Å². The smallest absolute Gasteiger partial charge is 0.0913 e. The molecule has 3 unspecified atom stereocenters. The van der Waals surface area contributed by atoms with E-state index in [4.69, 9.17) is 15.1 Å². The van der Waals surface area contributed by atoms with Crippen LogP contribution in [-0.4, -0.2) is 57.5 Å². The lowest BCUT2D eigenvalue weighted by Gasteiger charge is -2.64. The predicted molar refractivity (Wildman–Crippen MR) is 110 cm³/mol. The van der Waals surface area contributed by atoms with E-state index in [-0.39, 0.29) is 6.10 Å². The fourth-order valence-electron chi connectivity index (χ4n) is 4.91. The third kappa shape index (κ3) is 6.67. The molecule has 3 saturated carbocycles. The van der Waals surface area contributed by atoms with Crippen LogP contribution in [0.3, 0.4) is 0 Å². The molecule has 4 fully saturated rings. The molecule has 0 aromatic heterocycles. The van der Waals surface area contributed by atoms with Crippen LogP contribution in [0.15, 0.2) is 0 Å². The summed E-state index contributed by atoms with van der Waals surface area (Å²) in [4.78, 5) is 0. The van der Waals surface area contributed by atoms with Crippen LogP contribution in [0, 0.1) is 17.3 Å². The van der Waals surface area contributed by atoms with Gasteiger partial charge in [-0.25, -0.2) is 0 Å². The fourth-order valence-corrected chi connectivity index (χ4v) is 4.91. The average Bonchev–Trinajstić information content (AvgIpc) is 2.90. The van der Waals surface area contributed by atoms with Crippen LogP contribution < -0.4 is 0 Å². The zero-order valence-corrected chi connectivity index (χ0v) is 19.0. The molecular formula is C22H45NO4. The predicted octanol–water partition coefficient (Wildman–Crippen LogP) is 4.24. The molecule has 1 aliphatic heterocycles. The van der Waals surface area contributed by atoms with Crippen molar-refractivity contribution in [2.45, 2.75) is 110 Å². The molecule has 5 heteroatoms. The number of fused-ring (bicyclic) bond motifs is 2. The maximum atomic E-state index is 10.4. The molecule has 2 bridgehead atoms. The molecule has 5 atom stereocenters. The molecule has 4 aliphatic rings. The van der Waals surface area contributed by atoms with Crippen molar-refractivity contribution in [1.29, 1.82) is 0 Å². The summed E-state index contributed by atoms with van der Waals surface area (Å²) in [5.41, 5.74) is -0.800.